The first-order valence-electron chi connectivity index (χ1n) is 5.25. The molecule has 0 aromatic carbocycles. The molecule has 1 saturated heterocycles. The molecule has 88 valence electrons. The quantitative estimate of drug-likeness (QED) is 0.645. The highest BCUT2D eigenvalue weighted by atomic mass is 35.5. The van der Waals surface area contributed by atoms with Gasteiger partial charge in [0.1, 0.15) is 0 Å². The van der Waals surface area contributed by atoms with Crippen LogP contribution in [0, 0.1) is 16.0 Å². The number of halogens is 1. The molecule has 0 bridgehead atoms. The highest BCUT2D eigenvalue weighted by Crippen LogP contribution is 2.23. The number of nitrogens with one attached hydrogen (secondary N) is 1. The van der Waals surface area contributed by atoms with Gasteiger partial charge >= 0.3 is 5.82 Å². The van der Waals surface area contributed by atoms with Crippen LogP contribution in [-0.2, 0) is 6.54 Å². The van der Waals surface area contributed by atoms with Crippen LogP contribution in [0.2, 0.25) is 5.02 Å². The van der Waals surface area contributed by atoms with Gasteiger partial charge in [0.15, 0.2) is 5.02 Å². The molecule has 0 atom stereocenters. The Hall–Kier alpha value is -1.14. The molecule has 6 nitrogen and oxygen atoms in total. The van der Waals surface area contributed by atoms with E-state index in [-0.39, 0.29) is 10.8 Å². The van der Waals surface area contributed by atoms with Gasteiger partial charge in [-0.15, -0.1) is 0 Å². The standard InChI is InChI=1S/C9H13ClN4O2/c10-8-6-13(12-9(8)14(15)16)5-7-1-3-11-4-2-7/h6-7,11H,1-5H2. The molecular formula is C9H13ClN4O2. The van der Waals surface area contributed by atoms with E-state index in [1.54, 1.807) is 4.68 Å². The molecular weight excluding hydrogens is 232 g/mol. The summed E-state index contributed by atoms with van der Waals surface area (Å²) in [4.78, 5) is 10.0. The van der Waals surface area contributed by atoms with E-state index in [2.05, 4.69) is 10.4 Å². The van der Waals surface area contributed by atoms with Crippen LogP contribution in [0.4, 0.5) is 5.82 Å². The summed E-state index contributed by atoms with van der Waals surface area (Å²) < 4.78 is 1.58. The average Bonchev–Trinajstić information content (AvgIpc) is 2.61. The lowest BCUT2D eigenvalue weighted by Crippen LogP contribution is -2.30. The van der Waals surface area contributed by atoms with Gasteiger partial charge in [-0.25, -0.2) is 0 Å². The van der Waals surface area contributed by atoms with Crippen LogP contribution < -0.4 is 5.32 Å². The molecule has 7 heteroatoms. The Bertz CT molecular complexity index is 387. The van der Waals surface area contributed by atoms with Gasteiger partial charge in [-0.2, -0.15) is 4.68 Å². The Morgan fingerprint density at radius 1 is 1.62 bits per heavy atom. The van der Waals surface area contributed by atoms with Gasteiger partial charge in [-0.3, -0.25) is 0 Å². The van der Waals surface area contributed by atoms with Gasteiger partial charge in [-0.1, -0.05) is 11.6 Å². The van der Waals surface area contributed by atoms with Crippen molar-refractivity contribution in [3.05, 3.63) is 21.3 Å². The van der Waals surface area contributed by atoms with Crippen molar-refractivity contribution in [1.82, 2.24) is 15.1 Å². The van der Waals surface area contributed by atoms with Crippen molar-refractivity contribution in [3.63, 3.8) is 0 Å². The molecule has 1 aromatic rings. The zero-order valence-electron chi connectivity index (χ0n) is 8.73. The normalized spacial score (nSPS) is 17.6. The molecule has 0 aliphatic carbocycles. The molecule has 1 aromatic heterocycles. The fraction of sp³-hybridized carbons (Fsp3) is 0.667. The lowest BCUT2D eigenvalue weighted by atomic mass is 9.98. The van der Waals surface area contributed by atoms with Crippen LogP contribution in [0.1, 0.15) is 12.8 Å². The van der Waals surface area contributed by atoms with Crippen molar-refractivity contribution in [1.29, 1.82) is 0 Å². The number of hydrogen-bond acceptors (Lipinski definition) is 4. The van der Waals surface area contributed by atoms with Crippen molar-refractivity contribution in [3.8, 4) is 0 Å². The number of nitro groups is 1. The van der Waals surface area contributed by atoms with Crippen molar-refractivity contribution >= 4 is 17.4 Å². The minimum Gasteiger partial charge on any atom is -0.358 e. The first-order valence-corrected chi connectivity index (χ1v) is 5.62. The van der Waals surface area contributed by atoms with Crippen molar-refractivity contribution in [2.75, 3.05) is 13.1 Å². The maximum absolute atomic E-state index is 10.6. The number of rotatable bonds is 3. The zero-order valence-corrected chi connectivity index (χ0v) is 9.48. The number of piperidine rings is 1. The van der Waals surface area contributed by atoms with Gasteiger partial charge in [0.05, 0.1) is 17.8 Å². The minimum atomic E-state index is -0.554. The number of hydrogen-bond donors (Lipinski definition) is 1. The Balaban J connectivity index is 2.03. The van der Waals surface area contributed by atoms with Crippen molar-refractivity contribution in [2.45, 2.75) is 19.4 Å². The largest absolute Gasteiger partial charge is 0.408 e. The fourth-order valence-electron chi connectivity index (χ4n) is 1.93. The fourth-order valence-corrected chi connectivity index (χ4v) is 2.15. The molecule has 0 saturated carbocycles. The SMILES string of the molecule is O=[N+]([O-])c1nn(CC2CCNCC2)cc1Cl. The third-order valence-corrected chi connectivity index (χ3v) is 3.04. The van der Waals surface area contributed by atoms with E-state index in [1.807, 2.05) is 0 Å². The van der Waals surface area contributed by atoms with Crippen molar-refractivity contribution < 1.29 is 4.92 Å². The van der Waals surface area contributed by atoms with Crippen LogP contribution in [0.3, 0.4) is 0 Å². The van der Waals surface area contributed by atoms with E-state index in [1.165, 1.54) is 6.20 Å². The van der Waals surface area contributed by atoms with E-state index in [0.717, 1.165) is 25.9 Å². The molecule has 1 fully saturated rings. The summed E-state index contributed by atoms with van der Waals surface area (Å²) in [7, 11) is 0. The van der Waals surface area contributed by atoms with Crippen molar-refractivity contribution in [2.24, 2.45) is 5.92 Å². The van der Waals surface area contributed by atoms with E-state index in [0.29, 0.717) is 12.5 Å². The van der Waals surface area contributed by atoms with E-state index < -0.39 is 4.92 Å². The summed E-state index contributed by atoms with van der Waals surface area (Å²) in [5, 5.41) is 17.8. The summed E-state index contributed by atoms with van der Waals surface area (Å²) in [5.74, 6) is 0.271. The van der Waals surface area contributed by atoms with Gasteiger partial charge < -0.3 is 15.4 Å². The second-order valence-electron chi connectivity index (χ2n) is 3.97. The Kier molecular flexibility index (Phi) is 3.40. The third kappa shape index (κ3) is 2.51. The highest BCUT2D eigenvalue weighted by Gasteiger charge is 2.21. The molecule has 0 radical (unpaired) electrons. The van der Waals surface area contributed by atoms with Gasteiger partial charge in [0.25, 0.3) is 0 Å². The predicted octanol–water partition coefficient (Wildman–Crippen LogP) is 1.44. The van der Waals surface area contributed by atoms with Crippen LogP contribution in [0.5, 0.6) is 0 Å². The molecule has 2 heterocycles. The second-order valence-corrected chi connectivity index (χ2v) is 4.38. The predicted molar refractivity (Wildman–Crippen MR) is 59.5 cm³/mol. The lowest BCUT2D eigenvalue weighted by molar-refractivity contribution is -0.389. The minimum absolute atomic E-state index is 0.110. The smallest absolute Gasteiger partial charge is 0.358 e. The molecule has 0 spiro atoms. The lowest BCUT2D eigenvalue weighted by Gasteiger charge is -2.21. The van der Waals surface area contributed by atoms with E-state index in [9.17, 15) is 10.1 Å². The van der Waals surface area contributed by atoms with Gasteiger partial charge in [-0.05, 0) is 36.8 Å². The van der Waals surface area contributed by atoms with Crippen LogP contribution in [0.25, 0.3) is 0 Å². The summed E-state index contributed by atoms with van der Waals surface area (Å²) >= 11 is 5.72. The Labute approximate surface area is 97.7 Å². The summed E-state index contributed by atoms with van der Waals surface area (Å²) in [5.41, 5.74) is 0. The van der Waals surface area contributed by atoms with Crippen LogP contribution in [-0.4, -0.2) is 27.8 Å². The first-order chi connectivity index (χ1) is 7.66. The third-order valence-electron chi connectivity index (χ3n) is 2.78. The summed E-state index contributed by atoms with van der Waals surface area (Å²) in [6.45, 7) is 2.71. The highest BCUT2D eigenvalue weighted by molar-refractivity contribution is 6.32. The first kappa shape index (κ1) is 11.3. The summed E-state index contributed by atoms with van der Waals surface area (Å²) in [6.07, 6.45) is 3.68. The van der Waals surface area contributed by atoms with E-state index in [4.69, 9.17) is 11.6 Å². The second kappa shape index (κ2) is 4.80. The number of nitrogens with zero attached hydrogens (tertiary/aromatic N) is 3. The van der Waals surface area contributed by atoms with Gasteiger partial charge in [0.2, 0.25) is 0 Å². The number of aromatic nitrogens is 2. The monoisotopic (exact) mass is 244 g/mol. The van der Waals surface area contributed by atoms with Crippen LogP contribution in [0.15, 0.2) is 6.20 Å². The Morgan fingerprint density at radius 3 is 2.88 bits per heavy atom. The van der Waals surface area contributed by atoms with E-state index >= 15 is 0 Å². The maximum Gasteiger partial charge on any atom is 0.408 e. The molecule has 1 aliphatic heterocycles. The topological polar surface area (TPSA) is 73.0 Å². The Morgan fingerprint density at radius 2 is 2.31 bits per heavy atom. The molecule has 2 rings (SSSR count). The molecule has 16 heavy (non-hydrogen) atoms. The molecule has 0 unspecified atom stereocenters. The maximum atomic E-state index is 10.6. The molecule has 1 aliphatic rings. The molecule has 0 amide bonds. The zero-order chi connectivity index (χ0) is 11.5. The van der Waals surface area contributed by atoms with Gasteiger partial charge in [0, 0.05) is 0 Å². The average molecular weight is 245 g/mol. The molecule has 1 N–H and O–H groups in total. The summed E-state index contributed by atoms with van der Waals surface area (Å²) in [6, 6.07) is 0. The van der Waals surface area contributed by atoms with Crippen LogP contribution >= 0.6 is 11.6 Å².